The first-order valence-electron chi connectivity index (χ1n) is 9.20. The van der Waals surface area contributed by atoms with Crippen LogP contribution < -0.4 is 15.6 Å². The van der Waals surface area contributed by atoms with Crippen molar-refractivity contribution in [3.8, 4) is 5.75 Å². The Kier molecular flexibility index (Phi) is 7.58. The fourth-order valence-electron chi connectivity index (χ4n) is 2.94. The molecule has 2 N–H and O–H groups in total. The monoisotopic (exact) mass is 384 g/mol. The van der Waals surface area contributed by atoms with Gasteiger partial charge in [-0.1, -0.05) is 30.3 Å². The Balaban J connectivity index is 2.07. The van der Waals surface area contributed by atoms with Gasteiger partial charge in [-0.15, -0.1) is 0 Å². The molecule has 2 aromatic rings. The predicted molar refractivity (Wildman–Crippen MR) is 108 cm³/mol. The van der Waals surface area contributed by atoms with Crippen molar-refractivity contribution in [3.63, 3.8) is 0 Å². The molecule has 0 radical (unpaired) electrons. The van der Waals surface area contributed by atoms with Crippen LogP contribution in [0.3, 0.4) is 0 Å². The van der Waals surface area contributed by atoms with E-state index in [9.17, 15) is 9.59 Å². The van der Waals surface area contributed by atoms with E-state index in [1.54, 1.807) is 45.2 Å². The molecule has 1 amide bonds. The number of hydrazine groups is 1. The van der Waals surface area contributed by atoms with Crippen molar-refractivity contribution in [2.24, 2.45) is 5.41 Å². The van der Waals surface area contributed by atoms with E-state index in [4.69, 9.17) is 9.47 Å². The van der Waals surface area contributed by atoms with Crippen molar-refractivity contribution in [1.82, 2.24) is 10.9 Å². The van der Waals surface area contributed by atoms with Crippen LogP contribution in [-0.4, -0.2) is 32.1 Å². The van der Waals surface area contributed by atoms with Crippen molar-refractivity contribution in [2.45, 2.75) is 32.7 Å². The van der Waals surface area contributed by atoms with Crippen LogP contribution in [0.15, 0.2) is 54.6 Å². The second kappa shape index (κ2) is 9.90. The van der Waals surface area contributed by atoms with Gasteiger partial charge in [0.2, 0.25) is 0 Å². The van der Waals surface area contributed by atoms with Gasteiger partial charge in [-0.3, -0.25) is 15.0 Å². The largest absolute Gasteiger partial charge is 0.497 e. The van der Waals surface area contributed by atoms with E-state index < -0.39 is 5.41 Å². The standard InChI is InChI=1S/C22H28N2O4/c1-22(2,21(26)28-4)19(15-10-16-8-6-5-7-9-16)23-24-20(25)17-11-13-18(27-3)14-12-17/h5-9,11-14,19,23H,10,15H2,1-4H3,(H,24,25). The number of methoxy groups -OCH3 is 2. The zero-order valence-corrected chi connectivity index (χ0v) is 16.8. The number of carbonyl (C=O) groups excluding carboxylic acids is 2. The third-order valence-corrected chi connectivity index (χ3v) is 4.86. The average molecular weight is 384 g/mol. The summed E-state index contributed by atoms with van der Waals surface area (Å²) in [4.78, 5) is 24.7. The highest BCUT2D eigenvalue weighted by atomic mass is 16.5. The van der Waals surface area contributed by atoms with Crippen LogP contribution in [0.5, 0.6) is 5.75 Å². The Hall–Kier alpha value is -2.86. The van der Waals surface area contributed by atoms with Crippen LogP contribution in [-0.2, 0) is 16.0 Å². The minimum Gasteiger partial charge on any atom is -0.497 e. The fourth-order valence-corrected chi connectivity index (χ4v) is 2.94. The molecule has 2 rings (SSSR count). The van der Waals surface area contributed by atoms with E-state index >= 15 is 0 Å². The summed E-state index contributed by atoms with van der Waals surface area (Å²) >= 11 is 0. The SMILES string of the molecule is COC(=O)C(C)(C)C(CCc1ccccc1)NNC(=O)c1ccc(OC)cc1. The number of carbonyl (C=O) groups is 2. The van der Waals surface area contributed by atoms with Gasteiger partial charge in [0.1, 0.15) is 5.75 Å². The minimum absolute atomic E-state index is 0.284. The number of rotatable bonds is 9. The summed E-state index contributed by atoms with van der Waals surface area (Å²) in [5, 5.41) is 0. The summed E-state index contributed by atoms with van der Waals surface area (Å²) < 4.78 is 10.1. The Morgan fingerprint density at radius 1 is 1.00 bits per heavy atom. The first-order valence-corrected chi connectivity index (χ1v) is 9.20. The number of nitrogens with one attached hydrogen (secondary N) is 2. The van der Waals surface area contributed by atoms with Gasteiger partial charge in [-0.25, -0.2) is 5.43 Å². The number of hydrogen-bond donors (Lipinski definition) is 2. The number of aryl methyl sites for hydroxylation is 1. The molecule has 2 aromatic carbocycles. The van der Waals surface area contributed by atoms with Crippen molar-refractivity contribution >= 4 is 11.9 Å². The molecule has 0 spiro atoms. The normalized spacial score (nSPS) is 12.1. The summed E-state index contributed by atoms with van der Waals surface area (Å²) in [5.41, 5.74) is 6.59. The van der Waals surface area contributed by atoms with Crippen LogP contribution >= 0.6 is 0 Å². The second-order valence-electron chi connectivity index (χ2n) is 7.12. The number of ether oxygens (including phenoxy) is 2. The number of benzene rings is 2. The van der Waals surface area contributed by atoms with Gasteiger partial charge in [0.25, 0.3) is 5.91 Å². The molecule has 1 unspecified atom stereocenters. The van der Waals surface area contributed by atoms with Crippen LogP contribution in [0.25, 0.3) is 0 Å². The quantitative estimate of drug-likeness (QED) is 0.513. The van der Waals surface area contributed by atoms with E-state index in [1.165, 1.54) is 7.11 Å². The van der Waals surface area contributed by atoms with E-state index in [2.05, 4.69) is 10.9 Å². The predicted octanol–water partition coefficient (Wildman–Crippen LogP) is 3.13. The van der Waals surface area contributed by atoms with Crippen molar-refractivity contribution < 1.29 is 19.1 Å². The molecule has 0 aliphatic carbocycles. The molecule has 0 heterocycles. The third kappa shape index (κ3) is 5.57. The summed E-state index contributed by atoms with van der Waals surface area (Å²) in [7, 11) is 2.94. The molecule has 0 fully saturated rings. The smallest absolute Gasteiger partial charge is 0.312 e. The molecule has 6 nitrogen and oxygen atoms in total. The van der Waals surface area contributed by atoms with E-state index in [-0.39, 0.29) is 17.9 Å². The molecule has 1 atom stereocenters. The number of amides is 1. The highest BCUT2D eigenvalue weighted by Gasteiger charge is 2.38. The Morgan fingerprint density at radius 3 is 2.21 bits per heavy atom. The highest BCUT2D eigenvalue weighted by molar-refractivity contribution is 5.94. The molecule has 0 aliphatic rings. The van der Waals surface area contributed by atoms with Gasteiger partial charge >= 0.3 is 5.97 Å². The lowest BCUT2D eigenvalue weighted by Gasteiger charge is -2.32. The van der Waals surface area contributed by atoms with Gasteiger partial charge in [-0.2, -0.15) is 0 Å². The van der Waals surface area contributed by atoms with Gasteiger partial charge in [0.05, 0.1) is 19.6 Å². The van der Waals surface area contributed by atoms with Gasteiger partial charge in [0, 0.05) is 11.6 Å². The van der Waals surface area contributed by atoms with Gasteiger partial charge in [0.15, 0.2) is 0 Å². The molecular formula is C22H28N2O4. The second-order valence-corrected chi connectivity index (χ2v) is 7.12. The zero-order valence-electron chi connectivity index (χ0n) is 16.8. The van der Waals surface area contributed by atoms with Crippen molar-refractivity contribution in [2.75, 3.05) is 14.2 Å². The summed E-state index contributed by atoms with van der Waals surface area (Å²) in [6, 6.07) is 16.5. The van der Waals surface area contributed by atoms with E-state index in [1.807, 2.05) is 30.3 Å². The lowest BCUT2D eigenvalue weighted by atomic mass is 9.81. The molecule has 0 saturated heterocycles. The maximum absolute atomic E-state index is 12.5. The number of esters is 1. The maximum Gasteiger partial charge on any atom is 0.312 e. The highest BCUT2D eigenvalue weighted by Crippen LogP contribution is 2.26. The third-order valence-electron chi connectivity index (χ3n) is 4.86. The van der Waals surface area contributed by atoms with Crippen LogP contribution in [0, 0.1) is 5.41 Å². The zero-order chi connectivity index (χ0) is 20.6. The van der Waals surface area contributed by atoms with Gasteiger partial charge < -0.3 is 9.47 Å². The van der Waals surface area contributed by atoms with E-state index in [0.717, 1.165) is 12.0 Å². The van der Waals surface area contributed by atoms with E-state index in [0.29, 0.717) is 17.7 Å². The lowest BCUT2D eigenvalue weighted by molar-refractivity contribution is -0.152. The lowest BCUT2D eigenvalue weighted by Crippen LogP contribution is -2.54. The topological polar surface area (TPSA) is 76.7 Å². The summed E-state index contributed by atoms with van der Waals surface area (Å²) in [6.07, 6.45) is 1.41. The average Bonchev–Trinajstić information content (AvgIpc) is 2.73. The summed E-state index contributed by atoms with van der Waals surface area (Å²) in [6.45, 7) is 3.61. The first kappa shape index (κ1) is 21.4. The minimum atomic E-state index is -0.823. The number of hydrogen-bond acceptors (Lipinski definition) is 5. The Bertz CT molecular complexity index is 773. The van der Waals surface area contributed by atoms with Gasteiger partial charge in [-0.05, 0) is 56.5 Å². The van der Waals surface area contributed by atoms with Crippen LogP contribution in [0.2, 0.25) is 0 Å². The molecule has 6 heteroatoms. The molecule has 0 saturated carbocycles. The van der Waals surface area contributed by atoms with Crippen molar-refractivity contribution in [1.29, 1.82) is 0 Å². The molecule has 0 aliphatic heterocycles. The summed E-state index contributed by atoms with van der Waals surface area (Å²) in [5.74, 6) is 0.0573. The molecular weight excluding hydrogens is 356 g/mol. The van der Waals surface area contributed by atoms with Crippen molar-refractivity contribution in [3.05, 3.63) is 65.7 Å². The molecule has 0 bridgehead atoms. The molecule has 150 valence electrons. The van der Waals surface area contributed by atoms with Crippen LogP contribution in [0.1, 0.15) is 36.2 Å². The molecule has 28 heavy (non-hydrogen) atoms. The Morgan fingerprint density at radius 2 is 1.64 bits per heavy atom. The fraction of sp³-hybridized carbons (Fsp3) is 0.364. The van der Waals surface area contributed by atoms with Crippen LogP contribution in [0.4, 0.5) is 0 Å². The molecule has 0 aromatic heterocycles. The Labute approximate surface area is 166 Å². The first-order chi connectivity index (χ1) is 13.4. The maximum atomic E-state index is 12.5.